The van der Waals surface area contributed by atoms with Crippen LogP contribution in [0.1, 0.15) is 41.8 Å². The molecule has 0 amide bonds. The van der Waals surface area contributed by atoms with Gasteiger partial charge in [0.25, 0.3) is 0 Å². The van der Waals surface area contributed by atoms with Gasteiger partial charge in [-0.3, -0.25) is 4.98 Å². The van der Waals surface area contributed by atoms with Crippen LogP contribution in [0.15, 0.2) is 30.5 Å². The number of hydrogen-bond donors (Lipinski definition) is 1. The molecule has 4 heteroatoms. The highest BCUT2D eigenvalue weighted by Gasteiger charge is 2.24. The summed E-state index contributed by atoms with van der Waals surface area (Å²) in [6, 6.07) is 5.90. The Bertz CT molecular complexity index is 626. The zero-order valence-electron chi connectivity index (χ0n) is 12.6. The van der Waals surface area contributed by atoms with Gasteiger partial charge >= 0.3 is 0 Å². The molecule has 0 aliphatic heterocycles. The van der Waals surface area contributed by atoms with Crippen molar-refractivity contribution in [2.75, 3.05) is 6.54 Å². The SMILES string of the molecule is CCCNC(c1ncccc1C)c1c(F)ccc(C)c1F. The molecule has 0 aliphatic rings. The standard InChI is InChI=1S/C17H20F2N2/c1-4-9-20-17(16-12(3)6-5-10-21-16)14-13(18)8-7-11(2)15(14)19/h5-8,10,17,20H,4,9H2,1-3H3. The van der Waals surface area contributed by atoms with Crippen molar-refractivity contribution in [3.05, 3.63) is 64.5 Å². The zero-order chi connectivity index (χ0) is 15.4. The molecule has 21 heavy (non-hydrogen) atoms. The van der Waals surface area contributed by atoms with E-state index in [1.807, 2.05) is 26.0 Å². The Labute approximate surface area is 124 Å². The maximum Gasteiger partial charge on any atom is 0.134 e. The summed E-state index contributed by atoms with van der Waals surface area (Å²) in [6.45, 7) is 6.21. The summed E-state index contributed by atoms with van der Waals surface area (Å²) in [5, 5.41) is 3.21. The van der Waals surface area contributed by atoms with Crippen LogP contribution in [0, 0.1) is 25.5 Å². The van der Waals surface area contributed by atoms with Crippen molar-refractivity contribution in [1.29, 1.82) is 0 Å². The van der Waals surface area contributed by atoms with Gasteiger partial charge in [-0.15, -0.1) is 0 Å². The van der Waals surface area contributed by atoms with E-state index in [0.717, 1.165) is 12.0 Å². The number of hydrogen-bond acceptors (Lipinski definition) is 2. The predicted octanol–water partition coefficient (Wildman–Crippen LogP) is 4.07. The van der Waals surface area contributed by atoms with E-state index < -0.39 is 17.7 Å². The lowest BCUT2D eigenvalue weighted by molar-refractivity contribution is 0.493. The van der Waals surface area contributed by atoms with Crippen LogP contribution < -0.4 is 5.32 Å². The number of aromatic nitrogens is 1. The maximum absolute atomic E-state index is 14.4. The van der Waals surface area contributed by atoms with Gasteiger partial charge in [0.1, 0.15) is 11.6 Å². The van der Waals surface area contributed by atoms with Crippen LogP contribution in [0.3, 0.4) is 0 Å². The van der Waals surface area contributed by atoms with Crippen molar-refractivity contribution in [1.82, 2.24) is 10.3 Å². The molecule has 1 atom stereocenters. The highest BCUT2D eigenvalue weighted by molar-refractivity contribution is 5.36. The second-order valence-corrected chi connectivity index (χ2v) is 5.18. The van der Waals surface area contributed by atoms with Gasteiger partial charge in [-0.2, -0.15) is 0 Å². The average Bonchev–Trinajstić information content (AvgIpc) is 2.47. The molecule has 0 bridgehead atoms. The molecule has 0 fully saturated rings. The quantitative estimate of drug-likeness (QED) is 0.898. The third-order valence-electron chi connectivity index (χ3n) is 3.53. The van der Waals surface area contributed by atoms with Crippen LogP contribution in [-0.2, 0) is 0 Å². The van der Waals surface area contributed by atoms with E-state index >= 15 is 0 Å². The Morgan fingerprint density at radius 2 is 1.90 bits per heavy atom. The molecule has 0 saturated carbocycles. The van der Waals surface area contributed by atoms with Gasteiger partial charge < -0.3 is 5.32 Å². The van der Waals surface area contributed by atoms with Crippen molar-refractivity contribution < 1.29 is 8.78 Å². The largest absolute Gasteiger partial charge is 0.305 e. The topological polar surface area (TPSA) is 24.9 Å². The molecule has 2 aromatic rings. The summed E-state index contributed by atoms with van der Waals surface area (Å²) in [6.07, 6.45) is 2.52. The Morgan fingerprint density at radius 1 is 1.14 bits per heavy atom. The van der Waals surface area contributed by atoms with Crippen molar-refractivity contribution in [3.63, 3.8) is 0 Å². The van der Waals surface area contributed by atoms with E-state index in [-0.39, 0.29) is 5.56 Å². The summed E-state index contributed by atoms with van der Waals surface area (Å²) in [5.74, 6) is -1.05. The van der Waals surface area contributed by atoms with E-state index in [4.69, 9.17) is 0 Å². The molecular formula is C17H20F2N2. The molecule has 112 valence electrons. The number of halogens is 2. The molecule has 1 aromatic carbocycles. The van der Waals surface area contributed by atoms with Crippen LogP contribution >= 0.6 is 0 Å². The third kappa shape index (κ3) is 3.27. The van der Waals surface area contributed by atoms with Gasteiger partial charge in [0.05, 0.1) is 11.7 Å². The van der Waals surface area contributed by atoms with E-state index in [1.165, 1.54) is 12.1 Å². The number of nitrogens with zero attached hydrogens (tertiary/aromatic N) is 1. The van der Waals surface area contributed by atoms with E-state index in [9.17, 15) is 8.78 Å². The summed E-state index contributed by atoms with van der Waals surface area (Å²) in [5.41, 5.74) is 2.05. The van der Waals surface area contributed by atoms with Gasteiger partial charge in [0.15, 0.2) is 0 Å². The number of rotatable bonds is 5. The summed E-state index contributed by atoms with van der Waals surface area (Å²) in [7, 11) is 0. The Hall–Kier alpha value is -1.81. The smallest absolute Gasteiger partial charge is 0.134 e. The Kier molecular flexibility index (Phi) is 5.02. The summed E-state index contributed by atoms with van der Waals surface area (Å²) < 4.78 is 28.7. The van der Waals surface area contributed by atoms with Crippen LogP contribution in [0.25, 0.3) is 0 Å². The third-order valence-corrected chi connectivity index (χ3v) is 3.53. The first-order valence-electron chi connectivity index (χ1n) is 7.15. The van der Waals surface area contributed by atoms with Gasteiger partial charge in [-0.05, 0) is 50.1 Å². The first-order valence-corrected chi connectivity index (χ1v) is 7.15. The number of benzene rings is 1. The monoisotopic (exact) mass is 290 g/mol. The van der Waals surface area contributed by atoms with Crippen molar-refractivity contribution in [3.8, 4) is 0 Å². The van der Waals surface area contributed by atoms with E-state index in [2.05, 4.69) is 10.3 Å². The van der Waals surface area contributed by atoms with Crippen molar-refractivity contribution in [2.24, 2.45) is 0 Å². The molecule has 2 nitrogen and oxygen atoms in total. The minimum Gasteiger partial charge on any atom is -0.305 e. The van der Waals surface area contributed by atoms with Gasteiger partial charge in [-0.25, -0.2) is 8.78 Å². The average molecular weight is 290 g/mol. The van der Waals surface area contributed by atoms with Crippen molar-refractivity contribution in [2.45, 2.75) is 33.2 Å². The number of pyridine rings is 1. The lowest BCUT2D eigenvalue weighted by Crippen LogP contribution is -2.27. The maximum atomic E-state index is 14.4. The van der Waals surface area contributed by atoms with Gasteiger partial charge in [0.2, 0.25) is 0 Å². The molecule has 1 unspecified atom stereocenters. The highest BCUT2D eigenvalue weighted by Crippen LogP contribution is 2.29. The molecular weight excluding hydrogens is 270 g/mol. The summed E-state index contributed by atoms with van der Waals surface area (Å²) in [4.78, 5) is 4.32. The van der Waals surface area contributed by atoms with Gasteiger partial charge in [0, 0.05) is 11.8 Å². The Morgan fingerprint density at radius 3 is 2.57 bits per heavy atom. The van der Waals surface area contributed by atoms with Crippen LogP contribution in [0.5, 0.6) is 0 Å². The molecule has 1 heterocycles. The fraction of sp³-hybridized carbons (Fsp3) is 0.353. The molecule has 2 rings (SSSR count). The van der Waals surface area contributed by atoms with Crippen LogP contribution in [0.2, 0.25) is 0 Å². The molecule has 0 saturated heterocycles. The normalized spacial score (nSPS) is 12.4. The van der Waals surface area contributed by atoms with E-state index in [0.29, 0.717) is 17.8 Å². The number of aryl methyl sites for hydroxylation is 2. The fourth-order valence-corrected chi connectivity index (χ4v) is 2.37. The predicted molar refractivity (Wildman–Crippen MR) is 80.2 cm³/mol. The second-order valence-electron chi connectivity index (χ2n) is 5.18. The molecule has 0 radical (unpaired) electrons. The zero-order valence-corrected chi connectivity index (χ0v) is 12.6. The minimum atomic E-state index is -0.578. The highest BCUT2D eigenvalue weighted by atomic mass is 19.1. The summed E-state index contributed by atoms with van der Waals surface area (Å²) >= 11 is 0. The second kappa shape index (κ2) is 6.76. The molecule has 1 aromatic heterocycles. The van der Waals surface area contributed by atoms with Crippen molar-refractivity contribution >= 4 is 0 Å². The van der Waals surface area contributed by atoms with Gasteiger partial charge in [-0.1, -0.05) is 19.1 Å². The van der Waals surface area contributed by atoms with Crippen LogP contribution in [-0.4, -0.2) is 11.5 Å². The van der Waals surface area contributed by atoms with Crippen LogP contribution in [0.4, 0.5) is 8.78 Å². The fourth-order valence-electron chi connectivity index (χ4n) is 2.37. The van der Waals surface area contributed by atoms with E-state index in [1.54, 1.807) is 13.1 Å². The lowest BCUT2D eigenvalue weighted by atomic mass is 9.97. The molecule has 0 aliphatic carbocycles. The molecule has 0 spiro atoms. The first-order chi connectivity index (χ1) is 10.1. The lowest BCUT2D eigenvalue weighted by Gasteiger charge is -2.22. The number of nitrogens with one attached hydrogen (secondary N) is 1. The first kappa shape index (κ1) is 15.6. The Balaban J connectivity index is 2.56. The minimum absolute atomic E-state index is 0.0465. The molecule has 1 N–H and O–H groups in total.